The third-order valence-electron chi connectivity index (χ3n) is 3.54. The molecule has 3 N–H and O–H groups in total. The van der Waals surface area contributed by atoms with Crippen molar-refractivity contribution in [3.05, 3.63) is 28.7 Å². The number of thiophene rings is 1. The van der Waals surface area contributed by atoms with Crippen LogP contribution in [-0.4, -0.2) is 57.0 Å². The topological polar surface area (TPSA) is 85.5 Å². The monoisotopic (exact) mass is 351 g/mol. The third kappa shape index (κ3) is 5.33. The zero-order chi connectivity index (χ0) is 17.2. The first-order chi connectivity index (χ1) is 11.8. The van der Waals surface area contributed by atoms with E-state index in [1.807, 2.05) is 0 Å². The van der Waals surface area contributed by atoms with Gasteiger partial charge in [0, 0.05) is 38.7 Å². The van der Waals surface area contributed by atoms with Gasteiger partial charge in [0.2, 0.25) is 0 Å². The molecule has 8 heteroatoms. The molecule has 0 spiro atoms. The van der Waals surface area contributed by atoms with Crippen molar-refractivity contribution in [2.24, 2.45) is 0 Å². The summed E-state index contributed by atoms with van der Waals surface area (Å²) in [5.41, 5.74) is 6.83. The van der Waals surface area contributed by atoms with E-state index in [1.54, 1.807) is 25.6 Å². The van der Waals surface area contributed by atoms with E-state index in [4.69, 9.17) is 15.2 Å². The van der Waals surface area contributed by atoms with Gasteiger partial charge in [-0.15, -0.1) is 11.3 Å². The SMILES string of the molecule is COCCN(CCOC)c1ncnc(NCCc2cccs2)c1N. The molecular formula is C16H25N5O2S. The zero-order valence-corrected chi connectivity index (χ0v) is 15.0. The smallest absolute Gasteiger partial charge is 0.157 e. The van der Waals surface area contributed by atoms with E-state index in [9.17, 15) is 0 Å². The molecule has 0 unspecified atom stereocenters. The highest BCUT2D eigenvalue weighted by molar-refractivity contribution is 7.09. The van der Waals surface area contributed by atoms with Gasteiger partial charge < -0.3 is 25.4 Å². The first-order valence-corrected chi connectivity index (χ1v) is 8.73. The lowest BCUT2D eigenvalue weighted by Gasteiger charge is -2.25. The molecule has 24 heavy (non-hydrogen) atoms. The van der Waals surface area contributed by atoms with Gasteiger partial charge in [-0.1, -0.05) is 6.07 Å². The minimum Gasteiger partial charge on any atom is -0.393 e. The first-order valence-electron chi connectivity index (χ1n) is 7.85. The maximum atomic E-state index is 6.28. The van der Waals surface area contributed by atoms with Crippen molar-refractivity contribution >= 4 is 28.7 Å². The summed E-state index contributed by atoms with van der Waals surface area (Å²) in [7, 11) is 3.35. The minimum absolute atomic E-state index is 0.552. The van der Waals surface area contributed by atoms with Crippen LogP contribution >= 0.6 is 11.3 Å². The molecule has 2 aromatic rings. The molecule has 0 amide bonds. The molecular weight excluding hydrogens is 326 g/mol. The summed E-state index contributed by atoms with van der Waals surface area (Å²) in [6.07, 6.45) is 2.47. The number of nitrogens with two attached hydrogens (primary N) is 1. The summed E-state index contributed by atoms with van der Waals surface area (Å²) >= 11 is 1.75. The lowest BCUT2D eigenvalue weighted by atomic mass is 10.3. The van der Waals surface area contributed by atoms with Gasteiger partial charge in [0.25, 0.3) is 0 Å². The lowest BCUT2D eigenvalue weighted by Crippen LogP contribution is -2.32. The van der Waals surface area contributed by atoms with Gasteiger partial charge >= 0.3 is 0 Å². The molecule has 0 bridgehead atoms. The number of nitrogens with zero attached hydrogens (tertiary/aromatic N) is 3. The standard InChI is InChI=1S/C16H25N5O2S/c1-22-9-7-21(8-10-23-2)16-14(17)15(19-12-20-16)18-6-5-13-4-3-11-24-13/h3-4,11-12H,5-10,17H2,1-2H3,(H,18,19,20). The van der Waals surface area contributed by atoms with Crippen LogP contribution in [0.25, 0.3) is 0 Å². The second kappa shape index (κ2) is 10.1. The van der Waals surface area contributed by atoms with Crippen molar-refractivity contribution in [3.63, 3.8) is 0 Å². The average molecular weight is 351 g/mol. The van der Waals surface area contributed by atoms with Gasteiger partial charge in [-0.2, -0.15) is 0 Å². The Balaban J connectivity index is 2.03. The third-order valence-corrected chi connectivity index (χ3v) is 4.47. The quantitative estimate of drug-likeness (QED) is 0.639. The Morgan fingerprint density at radius 1 is 1.21 bits per heavy atom. The number of rotatable bonds is 11. The molecule has 0 aliphatic heterocycles. The van der Waals surface area contributed by atoms with Crippen LogP contribution in [0.15, 0.2) is 23.8 Å². The normalized spacial score (nSPS) is 10.8. The van der Waals surface area contributed by atoms with Gasteiger partial charge in [-0.25, -0.2) is 9.97 Å². The summed E-state index contributed by atoms with van der Waals surface area (Å²) < 4.78 is 10.3. The summed E-state index contributed by atoms with van der Waals surface area (Å²) in [5.74, 6) is 1.37. The van der Waals surface area contributed by atoms with Crippen LogP contribution < -0.4 is 16.0 Å². The predicted octanol–water partition coefficient (Wildman–Crippen LogP) is 1.87. The average Bonchev–Trinajstić information content (AvgIpc) is 3.10. The Hall–Kier alpha value is -1.90. The van der Waals surface area contributed by atoms with Gasteiger partial charge in [-0.3, -0.25) is 0 Å². The Bertz CT molecular complexity index is 586. The molecule has 0 aliphatic rings. The van der Waals surface area contributed by atoms with Crippen molar-refractivity contribution in [1.82, 2.24) is 9.97 Å². The molecule has 2 heterocycles. The Kier molecular flexibility index (Phi) is 7.73. The zero-order valence-electron chi connectivity index (χ0n) is 14.2. The number of nitrogens with one attached hydrogen (secondary N) is 1. The Labute approximate surface area is 146 Å². The summed E-state index contributed by atoms with van der Waals surface area (Å²) in [6.45, 7) is 3.34. The highest BCUT2D eigenvalue weighted by Gasteiger charge is 2.15. The fourth-order valence-electron chi connectivity index (χ4n) is 2.26. The second-order valence-electron chi connectivity index (χ2n) is 5.19. The molecule has 0 aliphatic carbocycles. The van der Waals surface area contributed by atoms with Crippen molar-refractivity contribution in [1.29, 1.82) is 0 Å². The van der Waals surface area contributed by atoms with Crippen molar-refractivity contribution < 1.29 is 9.47 Å². The predicted molar refractivity (Wildman–Crippen MR) is 98.9 cm³/mol. The van der Waals surface area contributed by atoms with E-state index in [1.165, 1.54) is 11.2 Å². The molecule has 0 saturated heterocycles. The lowest BCUT2D eigenvalue weighted by molar-refractivity contribution is 0.190. The number of nitrogen functional groups attached to an aromatic ring is 1. The van der Waals surface area contributed by atoms with Gasteiger partial charge in [0.05, 0.1) is 13.2 Å². The van der Waals surface area contributed by atoms with E-state index in [2.05, 4.69) is 37.7 Å². The maximum Gasteiger partial charge on any atom is 0.157 e. The number of anilines is 3. The molecule has 0 atom stereocenters. The highest BCUT2D eigenvalue weighted by atomic mass is 32.1. The van der Waals surface area contributed by atoms with Crippen LogP contribution in [0.4, 0.5) is 17.3 Å². The van der Waals surface area contributed by atoms with E-state index < -0.39 is 0 Å². The molecule has 0 fully saturated rings. The molecule has 2 rings (SSSR count). The number of hydrogen-bond acceptors (Lipinski definition) is 8. The van der Waals surface area contributed by atoms with Crippen LogP contribution in [0, 0.1) is 0 Å². The van der Waals surface area contributed by atoms with Crippen LogP contribution in [-0.2, 0) is 15.9 Å². The van der Waals surface area contributed by atoms with Gasteiger partial charge in [0.15, 0.2) is 11.6 Å². The highest BCUT2D eigenvalue weighted by Crippen LogP contribution is 2.26. The molecule has 132 valence electrons. The number of aromatic nitrogens is 2. The van der Waals surface area contributed by atoms with Gasteiger partial charge in [-0.05, 0) is 17.9 Å². The van der Waals surface area contributed by atoms with E-state index in [0.29, 0.717) is 43.6 Å². The summed E-state index contributed by atoms with van der Waals surface area (Å²) in [5, 5.41) is 5.38. The number of ether oxygens (including phenoxy) is 2. The van der Waals surface area contributed by atoms with Crippen LogP contribution in [0.1, 0.15) is 4.88 Å². The van der Waals surface area contributed by atoms with Gasteiger partial charge in [0.1, 0.15) is 12.0 Å². The molecule has 7 nitrogen and oxygen atoms in total. The number of methoxy groups -OCH3 is 2. The molecule has 0 aromatic carbocycles. The molecule has 2 aromatic heterocycles. The fourth-order valence-corrected chi connectivity index (χ4v) is 2.97. The van der Waals surface area contributed by atoms with Crippen LogP contribution in [0.3, 0.4) is 0 Å². The van der Waals surface area contributed by atoms with E-state index in [-0.39, 0.29) is 0 Å². The van der Waals surface area contributed by atoms with Crippen LogP contribution in [0.2, 0.25) is 0 Å². The second-order valence-corrected chi connectivity index (χ2v) is 6.22. The minimum atomic E-state index is 0.552. The van der Waals surface area contributed by atoms with Crippen molar-refractivity contribution in [2.45, 2.75) is 6.42 Å². The number of hydrogen-bond donors (Lipinski definition) is 2. The van der Waals surface area contributed by atoms with E-state index in [0.717, 1.165) is 13.0 Å². The van der Waals surface area contributed by atoms with Crippen LogP contribution in [0.5, 0.6) is 0 Å². The van der Waals surface area contributed by atoms with E-state index >= 15 is 0 Å². The summed E-state index contributed by atoms with van der Waals surface area (Å²) in [4.78, 5) is 12.0. The fraction of sp³-hybridized carbons (Fsp3) is 0.500. The van der Waals surface area contributed by atoms with Crippen molar-refractivity contribution in [2.75, 3.05) is 63.0 Å². The molecule has 0 radical (unpaired) electrons. The first kappa shape index (κ1) is 18.4. The Morgan fingerprint density at radius 3 is 2.58 bits per heavy atom. The van der Waals surface area contributed by atoms with Crippen molar-refractivity contribution in [3.8, 4) is 0 Å². The Morgan fingerprint density at radius 2 is 1.96 bits per heavy atom. The maximum absolute atomic E-state index is 6.28. The summed E-state index contributed by atoms with van der Waals surface area (Å²) in [6, 6.07) is 4.18. The largest absolute Gasteiger partial charge is 0.393 e. The molecule has 0 saturated carbocycles.